The first kappa shape index (κ1) is 13.3. The molecule has 0 aliphatic rings. The molecular formula is C14H6F4N2O. The van der Waals surface area contributed by atoms with Gasteiger partial charge in [-0.25, -0.2) is 0 Å². The third-order valence-corrected chi connectivity index (χ3v) is 3.09. The Labute approximate surface area is 115 Å². The van der Waals surface area contributed by atoms with Crippen molar-refractivity contribution in [1.82, 2.24) is 9.55 Å². The zero-order valence-electron chi connectivity index (χ0n) is 10.3. The number of halogens is 4. The van der Waals surface area contributed by atoms with Crippen molar-refractivity contribution in [2.45, 2.75) is 0 Å². The molecule has 0 saturated carbocycles. The van der Waals surface area contributed by atoms with Gasteiger partial charge in [0.2, 0.25) is 11.6 Å². The summed E-state index contributed by atoms with van der Waals surface area (Å²) in [5, 5.41) is 0.406. The lowest BCUT2D eigenvalue weighted by atomic mass is 10.2. The van der Waals surface area contributed by atoms with Crippen molar-refractivity contribution >= 4 is 17.2 Å². The van der Waals surface area contributed by atoms with Gasteiger partial charge in [-0.1, -0.05) is 18.2 Å². The molecule has 0 bridgehead atoms. The fraction of sp³-hybridized carbons (Fsp3) is 0. The van der Waals surface area contributed by atoms with Crippen LogP contribution in [0.15, 0.2) is 30.5 Å². The number of hydrogen-bond acceptors (Lipinski definition) is 2. The summed E-state index contributed by atoms with van der Waals surface area (Å²) in [6.45, 7) is 0. The lowest BCUT2D eigenvalue weighted by molar-refractivity contribution is 0.112. The van der Waals surface area contributed by atoms with E-state index in [-0.39, 0.29) is 11.1 Å². The van der Waals surface area contributed by atoms with Gasteiger partial charge in [-0.3, -0.25) is 4.79 Å². The summed E-state index contributed by atoms with van der Waals surface area (Å²) in [6, 6.07) is 6.22. The largest absolute Gasteiger partial charge is 0.310 e. The van der Waals surface area contributed by atoms with Gasteiger partial charge in [-0.2, -0.15) is 22.5 Å². The molecule has 0 aliphatic heterocycles. The molecule has 0 saturated heterocycles. The highest BCUT2D eigenvalue weighted by molar-refractivity contribution is 5.98. The number of nitrogens with zero attached hydrogens (tertiary/aromatic N) is 2. The summed E-state index contributed by atoms with van der Waals surface area (Å²) in [5.74, 6) is -6.78. The summed E-state index contributed by atoms with van der Waals surface area (Å²) in [6.07, 6.45) is 1.60. The second-order valence-electron chi connectivity index (χ2n) is 4.26. The van der Waals surface area contributed by atoms with Crippen LogP contribution in [0.3, 0.4) is 0 Å². The summed E-state index contributed by atoms with van der Waals surface area (Å²) in [4.78, 5) is 13.5. The second kappa shape index (κ2) is 4.69. The van der Waals surface area contributed by atoms with Gasteiger partial charge in [0.15, 0.2) is 6.29 Å². The van der Waals surface area contributed by atoms with Crippen LogP contribution in [0.4, 0.5) is 17.6 Å². The van der Waals surface area contributed by atoms with E-state index in [1.165, 1.54) is 6.07 Å². The van der Waals surface area contributed by atoms with E-state index in [2.05, 4.69) is 4.98 Å². The topological polar surface area (TPSA) is 34.9 Å². The zero-order valence-corrected chi connectivity index (χ0v) is 10.3. The van der Waals surface area contributed by atoms with Crippen molar-refractivity contribution in [3.8, 4) is 5.69 Å². The Balaban J connectivity index is 2.44. The molecule has 0 fully saturated rings. The van der Waals surface area contributed by atoms with E-state index in [0.717, 1.165) is 10.8 Å². The molecule has 1 aromatic carbocycles. The van der Waals surface area contributed by atoms with Crippen molar-refractivity contribution in [2.24, 2.45) is 0 Å². The van der Waals surface area contributed by atoms with Gasteiger partial charge >= 0.3 is 0 Å². The first-order valence-corrected chi connectivity index (χ1v) is 5.80. The van der Waals surface area contributed by atoms with E-state index >= 15 is 0 Å². The van der Waals surface area contributed by atoms with Crippen molar-refractivity contribution in [2.75, 3.05) is 0 Å². The van der Waals surface area contributed by atoms with Crippen LogP contribution in [-0.4, -0.2) is 15.8 Å². The Hall–Kier alpha value is -2.70. The predicted octanol–water partition coefficient (Wildman–Crippen LogP) is 3.39. The van der Waals surface area contributed by atoms with Gasteiger partial charge in [0.25, 0.3) is 11.9 Å². The number of fused-ring (bicyclic) bond motifs is 1. The summed E-state index contributed by atoms with van der Waals surface area (Å²) >= 11 is 0. The van der Waals surface area contributed by atoms with Gasteiger partial charge in [-0.05, 0) is 6.07 Å². The van der Waals surface area contributed by atoms with E-state index in [1.54, 1.807) is 18.2 Å². The minimum Gasteiger partial charge on any atom is -0.310 e. The lowest BCUT2D eigenvalue weighted by Gasteiger charge is -2.08. The molecule has 21 heavy (non-hydrogen) atoms. The van der Waals surface area contributed by atoms with Crippen LogP contribution in [0.5, 0.6) is 0 Å². The monoisotopic (exact) mass is 294 g/mol. The van der Waals surface area contributed by atoms with Crippen LogP contribution in [0, 0.1) is 23.5 Å². The maximum absolute atomic E-state index is 13.8. The minimum atomic E-state index is -1.76. The van der Waals surface area contributed by atoms with Crippen molar-refractivity contribution in [1.29, 1.82) is 0 Å². The second-order valence-corrected chi connectivity index (χ2v) is 4.26. The first-order chi connectivity index (χ1) is 10.0. The fourth-order valence-corrected chi connectivity index (χ4v) is 2.17. The van der Waals surface area contributed by atoms with Crippen LogP contribution in [0.1, 0.15) is 10.4 Å². The molecule has 106 valence electrons. The third-order valence-electron chi connectivity index (χ3n) is 3.09. The van der Waals surface area contributed by atoms with Crippen LogP contribution in [0.2, 0.25) is 0 Å². The minimum absolute atomic E-state index is 0.141. The van der Waals surface area contributed by atoms with Crippen LogP contribution < -0.4 is 0 Å². The Morgan fingerprint density at radius 3 is 2.24 bits per heavy atom. The quantitative estimate of drug-likeness (QED) is 0.412. The SMILES string of the molecule is O=Cc1cn(-c2c(F)c(F)nc(F)c2F)c2ccccc12. The number of rotatable bonds is 2. The van der Waals surface area contributed by atoms with Crippen molar-refractivity contribution < 1.29 is 22.4 Å². The number of aromatic nitrogens is 2. The van der Waals surface area contributed by atoms with Crippen molar-refractivity contribution in [3.05, 3.63) is 59.6 Å². The molecule has 2 heterocycles. The van der Waals surface area contributed by atoms with E-state index in [4.69, 9.17) is 0 Å². The van der Waals surface area contributed by atoms with Crippen LogP contribution >= 0.6 is 0 Å². The van der Waals surface area contributed by atoms with Gasteiger partial charge in [-0.15, -0.1) is 0 Å². The number of aldehydes is 1. The molecule has 7 heteroatoms. The first-order valence-electron chi connectivity index (χ1n) is 5.80. The molecule has 3 nitrogen and oxygen atoms in total. The number of benzene rings is 1. The number of hydrogen-bond donors (Lipinski definition) is 0. The molecule has 0 radical (unpaired) electrons. The maximum atomic E-state index is 13.8. The summed E-state index contributed by atoms with van der Waals surface area (Å²) in [7, 11) is 0. The molecule has 0 aliphatic carbocycles. The molecule has 2 aromatic heterocycles. The van der Waals surface area contributed by atoms with Gasteiger partial charge in [0, 0.05) is 17.1 Å². The molecule has 3 rings (SSSR count). The summed E-state index contributed by atoms with van der Waals surface area (Å²) < 4.78 is 55.0. The van der Waals surface area contributed by atoms with Gasteiger partial charge < -0.3 is 4.57 Å². The van der Waals surface area contributed by atoms with Crippen molar-refractivity contribution in [3.63, 3.8) is 0 Å². The Morgan fingerprint density at radius 1 is 1.00 bits per heavy atom. The Morgan fingerprint density at radius 2 is 1.62 bits per heavy atom. The van der Waals surface area contributed by atoms with Gasteiger partial charge in [0.1, 0.15) is 5.69 Å². The van der Waals surface area contributed by atoms with E-state index in [9.17, 15) is 22.4 Å². The van der Waals surface area contributed by atoms with Crippen LogP contribution in [-0.2, 0) is 0 Å². The third kappa shape index (κ3) is 1.89. The highest BCUT2D eigenvalue weighted by Crippen LogP contribution is 2.28. The Kier molecular flexibility index (Phi) is 2.97. The summed E-state index contributed by atoms with van der Waals surface area (Å²) in [5.41, 5.74) is -0.575. The lowest BCUT2D eigenvalue weighted by Crippen LogP contribution is -2.08. The number of carbonyl (C=O) groups is 1. The van der Waals surface area contributed by atoms with Gasteiger partial charge in [0.05, 0.1) is 5.52 Å². The molecular weight excluding hydrogens is 288 g/mol. The van der Waals surface area contributed by atoms with E-state index in [1.807, 2.05) is 0 Å². The zero-order chi connectivity index (χ0) is 15.1. The number of pyridine rings is 1. The van der Waals surface area contributed by atoms with Crippen LogP contribution in [0.25, 0.3) is 16.6 Å². The molecule has 0 atom stereocenters. The maximum Gasteiger partial charge on any atom is 0.253 e. The number of para-hydroxylation sites is 1. The molecule has 0 unspecified atom stereocenters. The van der Waals surface area contributed by atoms with E-state index < -0.39 is 29.2 Å². The smallest absolute Gasteiger partial charge is 0.253 e. The predicted molar refractivity (Wildman–Crippen MR) is 66.3 cm³/mol. The number of carbonyl (C=O) groups excluding carboxylic acids is 1. The molecule has 0 spiro atoms. The average molecular weight is 294 g/mol. The highest BCUT2D eigenvalue weighted by Gasteiger charge is 2.24. The Bertz CT molecular complexity index is 847. The average Bonchev–Trinajstić information content (AvgIpc) is 2.85. The molecule has 3 aromatic rings. The molecule has 0 amide bonds. The standard InChI is InChI=1S/C14H6F4N2O/c15-10-12(11(16)14(18)19-13(10)17)20-5-7(6-21)8-3-1-2-4-9(8)20/h1-6H. The highest BCUT2D eigenvalue weighted by atomic mass is 19.2. The molecule has 0 N–H and O–H groups in total. The van der Waals surface area contributed by atoms with E-state index in [0.29, 0.717) is 11.7 Å². The normalized spacial score (nSPS) is 11.0. The fourth-order valence-electron chi connectivity index (χ4n) is 2.17.